The Kier molecular flexibility index (Phi) is 11.2. The molecule has 0 aromatic heterocycles. The number of benzene rings is 1. The summed E-state index contributed by atoms with van der Waals surface area (Å²) >= 11 is 0. The zero-order valence-corrected chi connectivity index (χ0v) is 18.6. The SMILES string of the molecule is CCCCCCCCOc1ccc(C[C@H](NC(=O)OC(C)(C)C)C(=O)OC)cc1. The molecule has 0 aliphatic heterocycles. The number of hydrogen-bond acceptors (Lipinski definition) is 5. The molecular weight excluding hydrogens is 370 g/mol. The minimum Gasteiger partial charge on any atom is -0.494 e. The Bertz CT molecular complexity index is 607. The summed E-state index contributed by atoms with van der Waals surface area (Å²) in [4.78, 5) is 24.0. The first-order valence-corrected chi connectivity index (χ1v) is 10.5. The Balaban J connectivity index is 2.50. The molecule has 1 rings (SSSR count). The van der Waals surface area contributed by atoms with Crippen LogP contribution in [0.25, 0.3) is 0 Å². The highest BCUT2D eigenvalue weighted by Crippen LogP contribution is 2.15. The van der Waals surface area contributed by atoms with E-state index in [1.54, 1.807) is 20.8 Å². The van der Waals surface area contributed by atoms with E-state index >= 15 is 0 Å². The molecule has 0 spiro atoms. The first-order chi connectivity index (χ1) is 13.7. The van der Waals surface area contributed by atoms with Crippen molar-refractivity contribution in [2.45, 2.75) is 84.3 Å². The first kappa shape index (κ1) is 24.8. The molecule has 0 radical (unpaired) electrons. The lowest BCUT2D eigenvalue weighted by Crippen LogP contribution is -2.45. The second-order valence-corrected chi connectivity index (χ2v) is 8.19. The third-order valence-electron chi connectivity index (χ3n) is 4.31. The molecule has 0 bridgehead atoms. The number of esters is 1. The van der Waals surface area contributed by atoms with E-state index in [2.05, 4.69) is 12.2 Å². The zero-order chi connectivity index (χ0) is 21.7. The van der Waals surface area contributed by atoms with Gasteiger partial charge in [0.25, 0.3) is 0 Å². The van der Waals surface area contributed by atoms with Gasteiger partial charge in [0.15, 0.2) is 0 Å². The number of ether oxygens (including phenoxy) is 3. The summed E-state index contributed by atoms with van der Waals surface area (Å²) in [6.45, 7) is 8.22. The predicted molar refractivity (Wildman–Crippen MR) is 114 cm³/mol. The van der Waals surface area contributed by atoms with Crippen LogP contribution in [-0.2, 0) is 20.7 Å². The number of hydrogen-bond donors (Lipinski definition) is 1. The maximum absolute atomic E-state index is 12.0. The minimum absolute atomic E-state index is 0.309. The van der Waals surface area contributed by atoms with Gasteiger partial charge in [0.05, 0.1) is 13.7 Å². The summed E-state index contributed by atoms with van der Waals surface area (Å²) < 4.78 is 15.8. The van der Waals surface area contributed by atoms with Crippen molar-refractivity contribution in [1.29, 1.82) is 0 Å². The Morgan fingerprint density at radius 1 is 1.00 bits per heavy atom. The summed E-state index contributed by atoms with van der Waals surface area (Å²) in [6.07, 6.45) is 7.02. The molecule has 1 aromatic carbocycles. The average Bonchev–Trinajstić information content (AvgIpc) is 2.66. The summed E-state index contributed by atoms with van der Waals surface area (Å²) in [5.74, 6) is 0.288. The van der Waals surface area contributed by atoms with Gasteiger partial charge in [-0.15, -0.1) is 0 Å². The van der Waals surface area contributed by atoms with Crippen molar-refractivity contribution < 1.29 is 23.8 Å². The summed E-state index contributed by atoms with van der Waals surface area (Å²) in [7, 11) is 1.30. The second-order valence-electron chi connectivity index (χ2n) is 8.19. The van der Waals surface area contributed by atoms with E-state index in [1.165, 1.54) is 39.2 Å². The van der Waals surface area contributed by atoms with Gasteiger partial charge in [0, 0.05) is 6.42 Å². The van der Waals surface area contributed by atoms with Gasteiger partial charge >= 0.3 is 12.1 Å². The normalized spacial score (nSPS) is 12.2. The number of carbonyl (C=O) groups excluding carboxylic acids is 2. The number of methoxy groups -OCH3 is 1. The molecule has 0 fully saturated rings. The molecule has 0 saturated carbocycles. The number of carbonyl (C=O) groups is 2. The topological polar surface area (TPSA) is 73.9 Å². The number of unbranched alkanes of at least 4 members (excludes halogenated alkanes) is 5. The van der Waals surface area contributed by atoms with Gasteiger partial charge in [-0.05, 0) is 44.9 Å². The summed E-state index contributed by atoms with van der Waals surface area (Å²) in [6, 6.07) is 6.74. The highest BCUT2D eigenvalue weighted by atomic mass is 16.6. The molecule has 1 atom stereocenters. The van der Waals surface area contributed by atoms with Crippen molar-refractivity contribution in [3.05, 3.63) is 29.8 Å². The first-order valence-electron chi connectivity index (χ1n) is 10.5. The molecule has 1 N–H and O–H groups in total. The smallest absolute Gasteiger partial charge is 0.408 e. The van der Waals surface area contributed by atoms with E-state index in [1.807, 2.05) is 24.3 Å². The van der Waals surface area contributed by atoms with Gasteiger partial charge in [-0.3, -0.25) is 0 Å². The fraction of sp³-hybridized carbons (Fsp3) is 0.652. The van der Waals surface area contributed by atoms with Crippen LogP contribution in [-0.4, -0.2) is 37.4 Å². The Hall–Kier alpha value is -2.24. The number of rotatable bonds is 12. The predicted octanol–water partition coefficient (Wildman–Crippen LogP) is 5.03. The van der Waals surface area contributed by atoms with Crippen molar-refractivity contribution in [3.63, 3.8) is 0 Å². The van der Waals surface area contributed by atoms with Crippen LogP contribution in [0, 0.1) is 0 Å². The molecule has 29 heavy (non-hydrogen) atoms. The summed E-state index contributed by atoms with van der Waals surface area (Å²) in [5.41, 5.74) is 0.253. The highest BCUT2D eigenvalue weighted by Gasteiger charge is 2.25. The fourth-order valence-electron chi connectivity index (χ4n) is 2.82. The molecule has 6 heteroatoms. The molecule has 0 aliphatic carbocycles. The molecule has 0 heterocycles. The van der Waals surface area contributed by atoms with Gasteiger partial charge in [-0.1, -0.05) is 51.2 Å². The fourth-order valence-corrected chi connectivity index (χ4v) is 2.82. The van der Waals surface area contributed by atoms with Crippen LogP contribution in [0.2, 0.25) is 0 Å². The molecule has 0 unspecified atom stereocenters. The Morgan fingerprint density at radius 2 is 1.62 bits per heavy atom. The third kappa shape index (κ3) is 11.4. The Labute approximate surface area is 175 Å². The van der Waals surface area contributed by atoms with Crippen LogP contribution in [0.15, 0.2) is 24.3 Å². The van der Waals surface area contributed by atoms with Crippen molar-refractivity contribution in [3.8, 4) is 5.75 Å². The van der Waals surface area contributed by atoms with E-state index < -0.39 is 23.7 Å². The van der Waals surface area contributed by atoms with Crippen LogP contribution in [0.4, 0.5) is 4.79 Å². The Morgan fingerprint density at radius 3 is 2.21 bits per heavy atom. The average molecular weight is 408 g/mol. The quantitative estimate of drug-likeness (QED) is 0.388. The van der Waals surface area contributed by atoms with Gasteiger partial charge in [-0.25, -0.2) is 9.59 Å². The van der Waals surface area contributed by atoms with Crippen molar-refractivity contribution >= 4 is 12.1 Å². The maximum atomic E-state index is 12.0. The van der Waals surface area contributed by atoms with Crippen LogP contribution < -0.4 is 10.1 Å². The van der Waals surface area contributed by atoms with Crippen LogP contribution >= 0.6 is 0 Å². The van der Waals surface area contributed by atoms with Gasteiger partial charge < -0.3 is 19.5 Å². The summed E-state index contributed by atoms with van der Waals surface area (Å²) in [5, 5.41) is 2.58. The van der Waals surface area contributed by atoms with E-state index in [0.29, 0.717) is 13.0 Å². The molecule has 164 valence electrons. The van der Waals surface area contributed by atoms with E-state index in [0.717, 1.165) is 17.7 Å². The molecule has 0 aliphatic rings. The molecular formula is C23H37NO5. The molecule has 0 saturated heterocycles. The van der Waals surface area contributed by atoms with Crippen molar-refractivity contribution in [2.75, 3.05) is 13.7 Å². The standard InChI is InChI=1S/C23H37NO5/c1-6-7-8-9-10-11-16-28-19-14-12-18(13-15-19)17-20(21(25)27-5)24-22(26)29-23(2,3)4/h12-15,20H,6-11,16-17H2,1-5H3,(H,24,26)/t20-/m0/s1. The second kappa shape index (κ2) is 13.1. The maximum Gasteiger partial charge on any atom is 0.408 e. The van der Waals surface area contributed by atoms with Crippen LogP contribution in [0.5, 0.6) is 5.75 Å². The lowest BCUT2D eigenvalue weighted by atomic mass is 10.1. The highest BCUT2D eigenvalue weighted by molar-refractivity contribution is 5.81. The lowest BCUT2D eigenvalue weighted by molar-refractivity contribution is -0.143. The molecule has 1 amide bonds. The van der Waals surface area contributed by atoms with Crippen molar-refractivity contribution in [1.82, 2.24) is 5.32 Å². The van der Waals surface area contributed by atoms with Gasteiger partial charge in [0.2, 0.25) is 0 Å². The zero-order valence-electron chi connectivity index (χ0n) is 18.6. The molecule has 6 nitrogen and oxygen atoms in total. The van der Waals surface area contributed by atoms with Crippen LogP contribution in [0.3, 0.4) is 0 Å². The largest absolute Gasteiger partial charge is 0.494 e. The van der Waals surface area contributed by atoms with Gasteiger partial charge in [0.1, 0.15) is 17.4 Å². The number of amides is 1. The van der Waals surface area contributed by atoms with Crippen molar-refractivity contribution in [2.24, 2.45) is 0 Å². The van der Waals surface area contributed by atoms with E-state index in [9.17, 15) is 9.59 Å². The minimum atomic E-state index is -0.815. The van der Waals surface area contributed by atoms with Crippen LogP contribution in [0.1, 0.15) is 71.8 Å². The van der Waals surface area contributed by atoms with E-state index in [-0.39, 0.29) is 0 Å². The third-order valence-corrected chi connectivity index (χ3v) is 4.31. The number of alkyl carbamates (subject to hydrolysis) is 1. The molecule has 1 aromatic rings. The van der Waals surface area contributed by atoms with Gasteiger partial charge in [-0.2, -0.15) is 0 Å². The van der Waals surface area contributed by atoms with E-state index in [4.69, 9.17) is 14.2 Å². The monoisotopic (exact) mass is 407 g/mol. The lowest BCUT2D eigenvalue weighted by Gasteiger charge is -2.22. The number of nitrogens with one attached hydrogen (secondary N) is 1.